The van der Waals surface area contributed by atoms with Crippen molar-refractivity contribution in [1.82, 2.24) is 9.80 Å². The molecule has 2 rings (SSSR count). The summed E-state index contributed by atoms with van der Waals surface area (Å²) in [4.78, 5) is 15.8. The fourth-order valence-corrected chi connectivity index (χ4v) is 2.33. The number of nitrogens with zero attached hydrogens (tertiary/aromatic N) is 2. The molecule has 2 aliphatic rings. The average molecular weight is 198 g/mol. The molecule has 14 heavy (non-hydrogen) atoms. The first-order valence-electron chi connectivity index (χ1n) is 5.18. The molecule has 80 valence electrons. The quantitative estimate of drug-likeness (QED) is 0.619. The predicted octanol–water partition coefficient (Wildman–Crippen LogP) is -0.469. The van der Waals surface area contributed by atoms with Gasteiger partial charge in [-0.1, -0.05) is 0 Å². The van der Waals surface area contributed by atoms with E-state index < -0.39 is 5.60 Å². The third-order valence-electron chi connectivity index (χ3n) is 3.12. The Kier molecular flexibility index (Phi) is 2.27. The molecular weight excluding hydrogens is 180 g/mol. The van der Waals surface area contributed by atoms with E-state index in [1.54, 1.807) is 11.8 Å². The summed E-state index contributed by atoms with van der Waals surface area (Å²) in [6.07, 6.45) is 0.966. The van der Waals surface area contributed by atoms with Gasteiger partial charge in [0.15, 0.2) is 0 Å². The Bertz CT molecular complexity index is 245. The number of carbonyl (C=O) groups excluding carboxylic acids is 1. The molecule has 0 aromatic carbocycles. The lowest BCUT2D eigenvalue weighted by molar-refractivity contribution is -0.156. The van der Waals surface area contributed by atoms with Crippen LogP contribution in [0.5, 0.6) is 0 Å². The number of hydrogen-bond donors (Lipinski definition) is 1. The van der Waals surface area contributed by atoms with Crippen molar-refractivity contribution in [3.05, 3.63) is 0 Å². The topological polar surface area (TPSA) is 43.8 Å². The highest BCUT2D eigenvalue weighted by Gasteiger charge is 2.42. The van der Waals surface area contributed by atoms with Gasteiger partial charge in [0.2, 0.25) is 5.91 Å². The van der Waals surface area contributed by atoms with Crippen LogP contribution >= 0.6 is 0 Å². The maximum absolute atomic E-state index is 11.8. The minimum Gasteiger partial charge on any atom is -0.386 e. The molecule has 2 fully saturated rings. The highest BCUT2D eigenvalue weighted by atomic mass is 16.3. The molecule has 1 unspecified atom stereocenters. The van der Waals surface area contributed by atoms with Crippen LogP contribution in [0.1, 0.15) is 13.3 Å². The van der Waals surface area contributed by atoms with Crippen LogP contribution in [0.25, 0.3) is 0 Å². The zero-order valence-electron chi connectivity index (χ0n) is 8.86. The number of amides is 1. The first-order valence-corrected chi connectivity index (χ1v) is 5.18. The molecule has 2 aliphatic heterocycles. The van der Waals surface area contributed by atoms with Gasteiger partial charge >= 0.3 is 0 Å². The molecule has 2 heterocycles. The second-order valence-corrected chi connectivity index (χ2v) is 4.94. The van der Waals surface area contributed by atoms with Gasteiger partial charge in [-0.2, -0.15) is 0 Å². The van der Waals surface area contributed by atoms with Crippen LogP contribution in [0.4, 0.5) is 0 Å². The van der Waals surface area contributed by atoms with Crippen molar-refractivity contribution in [2.75, 3.05) is 33.2 Å². The first-order chi connectivity index (χ1) is 6.48. The number of rotatable bonds is 1. The maximum atomic E-state index is 11.8. The molecular formula is C10H18N2O2. The number of carbonyl (C=O) groups is 1. The van der Waals surface area contributed by atoms with E-state index in [4.69, 9.17) is 0 Å². The molecule has 0 aliphatic carbocycles. The number of β-amino-alcohol motifs (C(OH)–C–C–N with tert-alkyl or cyclic N) is 1. The molecule has 1 N–H and O–H groups in total. The molecule has 4 nitrogen and oxygen atoms in total. The second kappa shape index (κ2) is 3.21. The Morgan fingerprint density at radius 3 is 2.57 bits per heavy atom. The SMILES string of the molecule is CN1CCC(C(=O)N2CC(C)(O)C2)C1. The minimum atomic E-state index is -0.639. The monoisotopic (exact) mass is 198 g/mol. The van der Waals surface area contributed by atoms with Crippen molar-refractivity contribution in [2.24, 2.45) is 5.92 Å². The summed E-state index contributed by atoms with van der Waals surface area (Å²) in [6.45, 7) is 4.67. The van der Waals surface area contributed by atoms with Crippen molar-refractivity contribution in [3.63, 3.8) is 0 Å². The van der Waals surface area contributed by atoms with Crippen LogP contribution in [-0.2, 0) is 4.79 Å². The Morgan fingerprint density at radius 1 is 1.50 bits per heavy atom. The van der Waals surface area contributed by atoms with E-state index in [1.807, 2.05) is 7.05 Å². The van der Waals surface area contributed by atoms with Gasteiger partial charge in [0.05, 0.1) is 24.6 Å². The third-order valence-corrected chi connectivity index (χ3v) is 3.12. The van der Waals surface area contributed by atoms with Gasteiger partial charge < -0.3 is 14.9 Å². The summed E-state index contributed by atoms with van der Waals surface area (Å²) in [7, 11) is 2.04. The lowest BCUT2D eigenvalue weighted by Crippen LogP contribution is -2.62. The molecule has 0 bridgehead atoms. The van der Waals surface area contributed by atoms with Crippen LogP contribution < -0.4 is 0 Å². The largest absolute Gasteiger partial charge is 0.386 e. The van der Waals surface area contributed by atoms with Crippen molar-refractivity contribution in [2.45, 2.75) is 18.9 Å². The van der Waals surface area contributed by atoms with Gasteiger partial charge in [0.25, 0.3) is 0 Å². The van der Waals surface area contributed by atoms with E-state index in [-0.39, 0.29) is 11.8 Å². The molecule has 0 radical (unpaired) electrons. The van der Waals surface area contributed by atoms with Crippen LogP contribution in [0.2, 0.25) is 0 Å². The highest BCUT2D eigenvalue weighted by Crippen LogP contribution is 2.25. The summed E-state index contributed by atoms with van der Waals surface area (Å²) in [5.74, 6) is 0.386. The summed E-state index contributed by atoms with van der Waals surface area (Å²) in [5, 5.41) is 9.52. The van der Waals surface area contributed by atoms with Crippen molar-refractivity contribution in [1.29, 1.82) is 0 Å². The number of aliphatic hydroxyl groups is 1. The predicted molar refractivity (Wildman–Crippen MR) is 52.8 cm³/mol. The van der Waals surface area contributed by atoms with Crippen LogP contribution in [0.15, 0.2) is 0 Å². The first kappa shape index (κ1) is 9.93. The lowest BCUT2D eigenvalue weighted by atomic mass is 9.94. The normalized spacial score (nSPS) is 31.6. The van der Waals surface area contributed by atoms with Crippen LogP contribution in [0.3, 0.4) is 0 Å². The molecule has 1 amide bonds. The smallest absolute Gasteiger partial charge is 0.227 e. The van der Waals surface area contributed by atoms with E-state index in [0.717, 1.165) is 19.5 Å². The molecule has 0 spiro atoms. The van der Waals surface area contributed by atoms with Gasteiger partial charge in [-0.3, -0.25) is 4.79 Å². The molecule has 1 atom stereocenters. The zero-order chi connectivity index (χ0) is 10.3. The van der Waals surface area contributed by atoms with E-state index in [2.05, 4.69) is 4.90 Å². The molecule has 0 aromatic heterocycles. The summed E-state index contributed by atoms with van der Waals surface area (Å²) >= 11 is 0. The Hall–Kier alpha value is -0.610. The molecule has 2 saturated heterocycles. The van der Waals surface area contributed by atoms with Gasteiger partial charge in [-0.15, -0.1) is 0 Å². The van der Waals surface area contributed by atoms with Crippen LogP contribution in [0, 0.1) is 5.92 Å². The molecule has 0 saturated carbocycles. The summed E-state index contributed by atoms with van der Waals surface area (Å²) in [5.41, 5.74) is -0.639. The third kappa shape index (κ3) is 1.77. The molecule has 0 aromatic rings. The van der Waals surface area contributed by atoms with E-state index >= 15 is 0 Å². The van der Waals surface area contributed by atoms with E-state index in [0.29, 0.717) is 13.1 Å². The van der Waals surface area contributed by atoms with Gasteiger partial charge in [-0.25, -0.2) is 0 Å². The zero-order valence-corrected chi connectivity index (χ0v) is 8.86. The number of hydrogen-bond acceptors (Lipinski definition) is 3. The van der Waals surface area contributed by atoms with Crippen molar-refractivity contribution >= 4 is 5.91 Å². The maximum Gasteiger partial charge on any atom is 0.227 e. The highest BCUT2D eigenvalue weighted by molar-refractivity contribution is 5.80. The fourth-order valence-electron chi connectivity index (χ4n) is 2.33. The Balaban J connectivity index is 1.85. The van der Waals surface area contributed by atoms with E-state index in [9.17, 15) is 9.90 Å². The van der Waals surface area contributed by atoms with Crippen molar-refractivity contribution < 1.29 is 9.90 Å². The summed E-state index contributed by atoms with van der Waals surface area (Å²) < 4.78 is 0. The van der Waals surface area contributed by atoms with Gasteiger partial charge in [0, 0.05) is 6.54 Å². The average Bonchev–Trinajstić information content (AvgIpc) is 2.46. The number of likely N-dealkylation sites (tertiary alicyclic amines) is 2. The van der Waals surface area contributed by atoms with Crippen LogP contribution in [-0.4, -0.2) is 59.6 Å². The Labute approximate surface area is 84.5 Å². The minimum absolute atomic E-state index is 0.163. The van der Waals surface area contributed by atoms with Gasteiger partial charge in [0.1, 0.15) is 0 Å². The van der Waals surface area contributed by atoms with Crippen molar-refractivity contribution in [3.8, 4) is 0 Å². The standard InChI is InChI=1S/C10H18N2O2/c1-10(14)6-12(7-10)9(13)8-3-4-11(2)5-8/h8,14H,3-7H2,1-2H3. The second-order valence-electron chi connectivity index (χ2n) is 4.94. The lowest BCUT2D eigenvalue weighted by Gasteiger charge is -2.45. The van der Waals surface area contributed by atoms with E-state index in [1.165, 1.54) is 0 Å². The molecule has 4 heteroatoms. The fraction of sp³-hybridized carbons (Fsp3) is 0.900. The summed E-state index contributed by atoms with van der Waals surface area (Å²) in [6, 6.07) is 0. The Morgan fingerprint density at radius 2 is 2.14 bits per heavy atom. The van der Waals surface area contributed by atoms with Gasteiger partial charge in [-0.05, 0) is 26.9 Å².